The fourth-order valence-electron chi connectivity index (χ4n) is 4.20. The van der Waals surface area contributed by atoms with Crippen LogP contribution < -0.4 is 0 Å². The maximum Gasteiger partial charge on any atom is 0.0795 e. The summed E-state index contributed by atoms with van der Waals surface area (Å²) in [4.78, 5) is 4.90. The Hall–Kier alpha value is -2.27. The van der Waals surface area contributed by atoms with Crippen LogP contribution in [-0.4, -0.2) is 4.98 Å². The van der Waals surface area contributed by atoms with Crippen LogP contribution in [0.3, 0.4) is 0 Å². The zero-order valence-corrected chi connectivity index (χ0v) is 18.9. The van der Waals surface area contributed by atoms with Crippen molar-refractivity contribution >= 4 is 74.4 Å². The average Bonchev–Trinajstić information content (AvgIpc) is 3.42. The van der Waals surface area contributed by atoms with Gasteiger partial charge in [0.25, 0.3) is 0 Å². The summed E-state index contributed by atoms with van der Waals surface area (Å²) in [5, 5.41) is 9.65. The van der Waals surface area contributed by atoms with E-state index in [4.69, 9.17) is 4.98 Å². The molecule has 0 N–H and O–H groups in total. The standard InChI is InChI=1S/C25H19NS3/c1-25(2,3)18-13-16(12-15-8-11-27-22(15)18)21-20-17-5-4-14-7-10-28-23(14)24(17)29-19(20)6-9-26-21/h4-13H,1-3H3. The van der Waals surface area contributed by atoms with Gasteiger partial charge in [-0.15, -0.1) is 34.0 Å². The van der Waals surface area contributed by atoms with Crippen LogP contribution in [0.1, 0.15) is 26.3 Å². The van der Waals surface area contributed by atoms with Crippen molar-refractivity contribution < 1.29 is 0 Å². The second-order valence-electron chi connectivity index (χ2n) is 8.53. The van der Waals surface area contributed by atoms with E-state index in [1.54, 1.807) is 0 Å². The maximum absolute atomic E-state index is 4.90. The van der Waals surface area contributed by atoms with Gasteiger partial charge in [0.2, 0.25) is 0 Å². The Kier molecular flexibility index (Phi) is 3.71. The molecule has 6 aromatic rings. The second kappa shape index (κ2) is 6.11. The number of hydrogen-bond acceptors (Lipinski definition) is 4. The van der Waals surface area contributed by atoms with Gasteiger partial charge in [-0.25, -0.2) is 0 Å². The molecule has 4 heterocycles. The molecule has 0 aliphatic carbocycles. The van der Waals surface area contributed by atoms with Crippen LogP contribution in [0.15, 0.2) is 59.4 Å². The molecule has 4 aromatic heterocycles. The predicted molar refractivity (Wildman–Crippen MR) is 132 cm³/mol. The van der Waals surface area contributed by atoms with Crippen LogP contribution in [0.4, 0.5) is 0 Å². The molecule has 0 radical (unpaired) electrons. The number of fused-ring (bicyclic) bond motifs is 6. The van der Waals surface area contributed by atoms with Gasteiger partial charge in [0.15, 0.2) is 0 Å². The third kappa shape index (κ3) is 2.59. The first-order valence-electron chi connectivity index (χ1n) is 9.70. The third-order valence-electron chi connectivity index (χ3n) is 5.60. The first-order chi connectivity index (χ1) is 14.0. The lowest BCUT2D eigenvalue weighted by molar-refractivity contribution is 0.597. The third-order valence-corrected chi connectivity index (χ3v) is 8.83. The van der Waals surface area contributed by atoms with Gasteiger partial charge >= 0.3 is 0 Å². The molecule has 29 heavy (non-hydrogen) atoms. The molecule has 142 valence electrons. The van der Waals surface area contributed by atoms with E-state index in [-0.39, 0.29) is 5.41 Å². The Morgan fingerprint density at radius 3 is 2.41 bits per heavy atom. The zero-order valence-electron chi connectivity index (χ0n) is 16.4. The Labute approximate surface area is 181 Å². The van der Waals surface area contributed by atoms with Gasteiger partial charge in [-0.2, -0.15) is 0 Å². The highest BCUT2D eigenvalue weighted by molar-refractivity contribution is 7.30. The molecule has 0 aliphatic rings. The van der Waals surface area contributed by atoms with Crippen molar-refractivity contribution in [3.63, 3.8) is 0 Å². The van der Waals surface area contributed by atoms with Crippen LogP contribution in [-0.2, 0) is 5.41 Å². The highest BCUT2D eigenvalue weighted by Gasteiger charge is 2.21. The number of nitrogens with zero attached hydrogens (tertiary/aromatic N) is 1. The van der Waals surface area contributed by atoms with Gasteiger partial charge in [0, 0.05) is 31.9 Å². The molecular formula is C25H19NS3. The van der Waals surface area contributed by atoms with E-state index in [2.05, 4.69) is 74.0 Å². The Bertz CT molecular complexity index is 1540. The van der Waals surface area contributed by atoms with E-state index in [1.165, 1.54) is 51.5 Å². The van der Waals surface area contributed by atoms with Crippen LogP contribution in [0, 0.1) is 0 Å². The minimum Gasteiger partial charge on any atom is -0.256 e. The van der Waals surface area contributed by atoms with Gasteiger partial charge in [0.1, 0.15) is 0 Å². The molecule has 0 fully saturated rings. The summed E-state index contributed by atoms with van der Waals surface area (Å²) in [5.41, 5.74) is 3.81. The van der Waals surface area contributed by atoms with Gasteiger partial charge in [-0.05, 0) is 62.8 Å². The molecular weight excluding hydrogens is 410 g/mol. The van der Waals surface area contributed by atoms with E-state index in [9.17, 15) is 0 Å². The van der Waals surface area contributed by atoms with Crippen molar-refractivity contribution in [2.45, 2.75) is 26.2 Å². The number of rotatable bonds is 1. The lowest BCUT2D eigenvalue weighted by Gasteiger charge is -2.21. The SMILES string of the molecule is CC(C)(C)c1cc(-c2nccc3sc4c(ccc5ccsc54)c23)cc2ccsc12. The van der Waals surface area contributed by atoms with Crippen molar-refractivity contribution in [1.82, 2.24) is 4.98 Å². The highest BCUT2D eigenvalue weighted by atomic mass is 32.1. The van der Waals surface area contributed by atoms with E-state index >= 15 is 0 Å². The molecule has 0 saturated heterocycles. The van der Waals surface area contributed by atoms with Crippen molar-refractivity contribution in [1.29, 1.82) is 0 Å². The molecule has 2 aromatic carbocycles. The largest absolute Gasteiger partial charge is 0.256 e. The molecule has 0 atom stereocenters. The fourth-order valence-corrected chi connectivity index (χ4v) is 7.56. The van der Waals surface area contributed by atoms with Crippen molar-refractivity contribution in [2.24, 2.45) is 0 Å². The van der Waals surface area contributed by atoms with Crippen LogP contribution in [0.25, 0.3) is 51.6 Å². The summed E-state index contributed by atoms with van der Waals surface area (Å²) in [6, 6.07) is 15.8. The Morgan fingerprint density at radius 2 is 1.59 bits per heavy atom. The summed E-state index contributed by atoms with van der Waals surface area (Å²) in [7, 11) is 0. The summed E-state index contributed by atoms with van der Waals surface area (Å²) in [6.07, 6.45) is 1.97. The number of benzene rings is 2. The van der Waals surface area contributed by atoms with Crippen molar-refractivity contribution in [3.05, 3.63) is 65.0 Å². The summed E-state index contributed by atoms with van der Waals surface area (Å²) in [5.74, 6) is 0. The number of aromatic nitrogens is 1. The Balaban J connectivity index is 1.73. The predicted octanol–water partition coefficient (Wildman–Crippen LogP) is 8.84. The fraction of sp³-hybridized carbons (Fsp3) is 0.160. The number of thiophene rings is 3. The minimum absolute atomic E-state index is 0.0901. The molecule has 0 spiro atoms. The molecule has 0 bridgehead atoms. The quantitative estimate of drug-likeness (QED) is 0.254. The average molecular weight is 430 g/mol. The minimum atomic E-state index is 0.0901. The maximum atomic E-state index is 4.90. The molecule has 6 rings (SSSR count). The van der Waals surface area contributed by atoms with Gasteiger partial charge in [0.05, 0.1) is 15.1 Å². The first-order valence-corrected chi connectivity index (χ1v) is 12.3. The summed E-state index contributed by atoms with van der Waals surface area (Å²) < 4.78 is 5.48. The van der Waals surface area contributed by atoms with Crippen molar-refractivity contribution in [2.75, 3.05) is 0 Å². The monoisotopic (exact) mass is 429 g/mol. The second-order valence-corrected chi connectivity index (χ2v) is 11.4. The molecule has 0 aliphatic heterocycles. The van der Waals surface area contributed by atoms with Crippen molar-refractivity contribution in [3.8, 4) is 11.3 Å². The molecule has 1 nitrogen and oxygen atoms in total. The normalized spacial score (nSPS) is 12.7. The van der Waals surface area contributed by atoms with Gasteiger partial charge in [-0.3, -0.25) is 4.98 Å². The van der Waals surface area contributed by atoms with E-state index < -0.39 is 0 Å². The summed E-state index contributed by atoms with van der Waals surface area (Å²) in [6.45, 7) is 6.90. The lowest BCUT2D eigenvalue weighted by atomic mass is 9.85. The number of hydrogen-bond donors (Lipinski definition) is 0. The van der Waals surface area contributed by atoms with E-state index in [0.29, 0.717) is 0 Å². The Morgan fingerprint density at radius 1 is 0.793 bits per heavy atom. The van der Waals surface area contributed by atoms with Gasteiger partial charge < -0.3 is 0 Å². The molecule has 4 heteroatoms. The highest BCUT2D eigenvalue weighted by Crippen LogP contribution is 2.44. The molecule has 0 unspecified atom stereocenters. The van der Waals surface area contributed by atoms with Gasteiger partial charge in [-0.1, -0.05) is 32.9 Å². The van der Waals surface area contributed by atoms with Crippen LogP contribution in [0.5, 0.6) is 0 Å². The number of pyridine rings is 1. The zero-order chi connectivity index (χ0) is 19.8. The van der Waals surface area contributed by atoms with E-state index in [1.807, 2.05) is 40.2 Å². The molecule has 0 saturated carbocycles. The lowest BCUT2D eigenvalue weighted by Crippen LogP contribution is -2.11. The smallest absolute Gasteiger partial charge is 0.0795 e. The van der Waals surface area contributed by atoms with Crippen LogP contribution in [0.2, 0.25) is 0 Å². The first kappa shape index (κ1) is 17.6. The molecule has 0 amide bonds. The van der Waals surface area contributed by atoms with Crippen LogP contribution >= 0.6 is 34.0 Å². The summed E-state index contributed by atoms with van der Waals surface area (Å²) >= 11 is 5.56. The van der Waals surface area contributed by atoms with E-state index in [0.717, 1.165) is 5.69 Å². The topological polar surface area (TPSA) is 12.9 Å².